The van der Waals surface area contributed by atoms with Crippen molar-refractivity contribution in [3.05, 3.63) is 65.2 Å². The van der Waals surface area contributed by atoms with Gasteiger partial charge in [0, 0.05) is 11.1 Å². The average molecular weight is 376 g/mol. The number of rotatable bonds is 3. The summed E-state index contributed by atoms with van der Waals surface area (Å²) in [5.74, 6) is -0.315. The summed E-state index contributed by atoms with van der Waals surface area (Å²) in [4.78, 5) is 32.2. The minimum atomic E-state index is -0.618. The quantitative estimate of drug-likeness (QED) is 0.604. The minimum Gasteiger partial charge on any atom is -0.497 e. The number of hydrogen-bond donors (Lipinski definition) is 0. The second-order valence-corrected chi connectivity index (χ2v) is 7.38. The maximum Gasteiger partial charge on any atom is 0.365 e. The predicted octanol–water partition coefficient (Wildman–Crippen LogP) is 3.80. The van der Waals surface area contributed by atoms with E-state index in [4.69, 9.17) is 9.57 Å². The molecule has 2 aliphatic heterocycles. The molecular weight excluding hydrogens is 356 g/mol. The summed E-state index contributed by atoms with van der Waals surface area (Å²) >= 11 is 0. The molecule has 4 rings (SSSR count). The highest BCUT2D eigenvalue weighted by Gasteiger charge is 2.46. The molecule has 0 atom stereocenters. The Labute approximate surface area is 163 Å². The summed E-state index contributed by atoms with van der Waals surface area (Å²) in [5, 5.41) is 3.95. The number of carbonyl (C=O) groups excluding carboxylic acids is 2. The summed E-state index contributed by atoms with van der Waals surface area (Å²) in [6.07, 6.45) is 2.04. The van der Waals surface area contributed by atoms with Gasteiger partial charge in [0.05, 0.1) is 23.9 Å². The Morgan fingerprint density at radius 3 is 2.46 bits per heavy atom. The molecule has 2 aliphatic rings. The molecule has 0 fully saturated rings. The third-order valence-electron chi connectivity index (χ3n) is 5.00. The van der Waals surface area contributed by atoms with Crippen LogP contribution in [0.4, 0.5) is 5.69 Å². The largest absolute Gasteiger partial charge is 0.497 e. The van der Waals surface area contributed by atoms with Crippen LogP contribution in [0.25, 0.3) is 5.57 Å². The van der Waals surface area contributed by atoms with Crippen LogP contribution in [0.5, 0.6) is 5.75 Å². The SMILES string of the molecule is COc1cc2c3c(c1)C(=NOC(=O)c1ccccc1)C(=O)N3C(C)(C)C=C2C. The molecule has 1 amide bonds. The number of benzene rings is 2. The van der Waals surface area contributed by atoms with Gasteiger partial charge < -0.3 is 9.57 Å². The van der Waals surface area contributed by atoms with Crippen molar-refractivity contribution in [3.8, 4) is 5.75 Å². The van der Waals surface area contributed by atoms with Crippen molar-refractivity contribution in [2.24, 2.45) is 5.16 Å². The number of methoxy groups -OCH3 is 1. The van der Waals surface area contributed by atoms with Gasteiger partial charge in [0.15, 0.2) is 5.71 Å². The second kappa shape index (κ2) is 6.34. The van der Waals surface area contributed by atoms with E-state index in [0.717, 1.165) is 16.8 Å². The van der Waals surface area contributed by atoms with E-state index in [0.29, 0.717) is 16.9 Å². The van der Waals surface area contributed by atoms with Crippen LogP contribution in [-0.4, -0.2) is 30.2 Å². The monoisotopic (exact) mass is 376 g/mol. The van der Waals surface area contributed by atoms with E-state index in [9.17, 15) is 9.59 Å². The zero-order valence-electron chi connectivity index (χ0n) is 16.1. The molecule has 0 aliphatic carbocycles. The van der Waals surface area contributed by atoms with E-state index in [1.54, 1.807) is 48.4 Å². The number of carbonyl (C=O) groups is 2. The first-order valence-corrected chi connectivity index (χ1v) is 8.94. The molecule has 28 heavy (non-hydrogen) atoms. The average Bonchev–Trinajstić information content (AvgIpc) is 2.96. The lowest BCUT2D eigenvalue weighted by atomic mass is 9.89. The van der Waals surface area contributed by atoms with Crippen LogP contribution < -0.4 is 9.64 Å². The van der Waals surface area contributed by atoms with Crippen molar-refractivity contribution in [1.82, 2.24) is 0 Å². The molecule has 6 heteroatoms. The Balaban J connectivity index is 1.81. The topological polar surface area (TPSA) is 68.2 Å². The standard InChI is InChI=1S/C22H20N2O4/c1-13-12-22(2,3)24-19-16(13)10-15(27-4)11-17(19)18(20(24)25)23-28-21(26)14-8-6-5-7-9-14/h5-12H,1-4H3. The van der Waals surface area contributed by atoms with Crippen LogP contribution in [0.15, 0.2) is 53.7 Å². The first kappa shape index (κ1) is 18.0. The van der Waals surface area contributed by atoms with Gasteiger partial charge in [-0.15, -0.1) is 0 Å². The van der Waals surface area contributed by atoms with Crippen LogP contribution in [0.2, 0.25) is 0 Å². The van der Waals surface area contributed by atoms with Crippen molar-refractivity contribution < 1.29 is 19.2 Å². The Bertz CT molecular complexity index is 1050. The van der Waals surface area contributed by atoms with Crippen LogP contribution in [-0.2, 0) is 9.63 Å². The van der Waals surface area contributed by atoms with Crippen LogP contribution in [0.1, 0.15) is 42.3 Å². The molecule has 6 nitrogen and oxygen atoms in total. The first-order chi connectivity index (χ1) is 13.3. The number of nitrogens with zero attached hydrogens (tertiary/aromatic N) is 2. The molecule has 0 aromatic heterocycles. The number of hydrogen-bond acceptors (Lipinski definition) is 5. The highest BCUT2D eigenvalue weighted by Crippen LogP contribution is 2.47. The Hall–Kier alpha value is -3.41. The number of anilines is 1. The van der Waals surface area contributed by atoms with Crippen molar-refractivity contribution in [2.45, 2.75) is 26.3 Å². The molecule has 2 heterocycles. The molecule has 0 bridgehead atoms. The molecule has 0 saturated carbocycles. The van der Waals surface area contributed by atoms with E-state index in [1.807, 2.05) is 32.9 Å². The molecule has 0 N–H and O–H groups in total. The lowest BCUT2D eigenvalue weighted by Gasteiger charge is -2.38. The summed E-state index contributed by atoms with van der Waals surface area (Å²) in [6, 6.07) is 12.2. The van der Waals surface area contributed by atoms with Gasteiger partial charge in [0.1, 0.15) is 5.75 Å². The number of allylic oxidation sites excluding steroid dienone is 1. The van der Waals surface area contributed by atoms with Crippen molar-refractivity contribution in [3.63, 3.8) is 0 Å². The predicted molar refractivity (Wildman–Crippen MR) is 107 cm³/mol. The third kappa shape index (κ3) is 2.69. The Kier molecular flexibility index (Phi) is 4.07. The number of oxime groups is 1. The Morgan fingerprint density at radius 2 is 1.79 bits per heavy atom. The van der Waals surface area contributed by atoms with Crippen LogP contribution in [0, 0.1) is 0 Å². The highest BCUT2D eigenvalue weighted by atomic mass is 16.7. The Morgan fingerprint density at radius 1 is 1.11 bits per heavy atom. The van der Waals surface area contributed by atoms with Gasteiger partial charge in [0.25, 0.3) is 5.91 Å². The maximum absolute atomic E-state index is 13.2. The fourth-order valence-electron chi connectivity index (χ4n) is 3.79. The molecule has 2 aromatic carbocycles. The summed E-state index contributed by atoms with van der Waals surface area (Å²) in [6.45, 7) is 5.93. The zero-order chi connectivity index (χ0) is 20.1. The van der Waals surface area contributed by atoms with Gasteiger partial charge in [-0.05, 0) is 50.6 Å². The lowest BCUT2D eigenvalue weighted by Crippen LogP contribution is -2.47. The van der Waals surface area contributed by atoms with E-state index in [2.05, 4.69) is 5.16 Å². The van der Waals surface area contributed by atoms with Gasteiger partial charge >= 0.3 is 5.97 Å². The molecule has 0 spiro atoms. The van der Waals surface area contributed by atoms with E-state index >= 15 is 0 Å². The molecule has 142 valence electrons. The fraction of sp³-hybridized carbons (Fsp3) is 0.227. The highest BCUT2D eigenvalue weighted by molar-refractivity contribution is 6.55. The summed E-state index contributed by atoms with van der Waals surface area (Å²) < 4.78 is 5.40. The van der Waals surface area contributed by atoms with Crippen LogP contribution in [0.3, 0.4) is 0 Å². The first-order valence-electron chi connectivity index (χ1n) is 8.94. The minimum absolute atomic E-state index is 0.0932. The van der Waals surface area contributed by atoms with Crippen molar-refractivity contribution >= 4 is 28.8 Å². The van der Waals surface area contributed by atoms with Gasteiger partial charge in [-0.3, -0.25) is 9.69 Å². The van der Waals surface area contributed by atoms with E-state index in [-0.39, 0.29) is 11.6 Å². The van der Waals surface area contributed by atoms with Crippen molar-refractivity contribution in [2.75, 3.05) is 12.0 Å². The zero-order valence-corrected chi connectivity index (χ0v) is 16.1. The normalized spacial score (nSPS) is 18.0. The second-order valence-electron chi connectivity index (χ2n) is 7.38. The third-order valence-corrected chi connectivity index (χ3v) is 5.00. The summed E-state index contributed by atoms with van der Waals surface area (Å²) in [5.41, 5.74) is 3.25. The van der Waals surface area contributed by atoms with Gasteiger partial charge in [-0.2, -0.15) is 0 Å². The number of amides is 1. The smallest absolute Gasteiger partial charge is 0.365 e. The fourth-order valence-corrected chi connectivity index (χ4v) is 3.79. The lowest BCUT2D eigenvalue weighted by molar-refractivity contribution is -0.113. The van der Waals surface area contributed by atoms with Gasteiger partial charge in [-0.1, -0.05) is 29.4 Å². The molecule has 0 radical (unpaired) electrons. The molecular formula is C22H20N2O4. The summed E-state index contributed by atoms with van der Waals surface area (Å²) in [7, 11) is 1.57. The molecule has 2 aromatic rings. The van der Waals surface area contributed by atoms with Crippen LogP contribution >= 0.6 is 0 Å². The maximum atomic E-state index is 13.2. The number of ether oxygens (including phenoxy) is 1. The van der Waals surface area contributed by atoms with Gasteiger partial charge in [0.2, 0.25) is 0 Å². The molecule has 0 unspecified atom stereocenters. The van der Waals surface area contributed by atoms with E-state index in [1.165, 1.54) is 0 Å². The molecule has 0 saturated heterocycles. The van der Waals surface area contributed by atoms with Gasteiger partial charge in [-0.25, -0.2) is 4.79 Å². The van der Waals surface area contributed by atoms with Crippen molar-refractivity contribution in [1.29, 1.82) is 0 Å². The van der Waals surface area contributed by atoms with E-state index < -0.39 is 11.5 Å².